The Morgan fingerprint density at radius 3 is 2.28 bits per heavy atom. The molecule has 7 nitrogen and oxygen atoms in total. The predicted octanol–water partition coefficient (Wildman–Crippen LogP) is 1.51. The maximum Gasteiger partial charge on any atom is 0.335 e. The molecular weight excluding hydrogens is 326 g/mol. The van der Waals surface area contributed by atoms with Crippen LogP contribution in [-0.2, 0) is 22.4 Å². The van der Waals surface area contributed by atoms with Gasteiger partial charge in [-0.25, -0.2) is 4.79 Å². The molecular formula is C18H15NO6. The summed E-state index contributed by atoms with van der Waals surface area (Å²) in [7, 11) is 0. The quantitative estimate of drug-likeness (QED) is 0.728. The zero-order valence-corrected chi connectivity index (χ0v) is 13.1. The lowest BCUT2D eigenvalue weighted by molar-refractivity contribution is -0.136. The fourth-order valence-corrected chi connectivity index (χ4v) is 2.35. The van der Waals surface area contributed by atoms with E-state index in [1.54, 1.807) is 30.3 Å². The summed E-state index contributed by atoms with van der Waals surface area (Å²) in [4.78, 5) is 43.0. The van der Waals surface area contributed by atoms with Crippen molar-refractivity contribution in [2.45, 2.75) is 12.8 Å². The minimum absolute atomic E-state index is 0.0462. The molecule has 0 fully saturated rings. The van der Waals surface area contributed by atoms with Crippen molar-refractivity contribution in [2.24, 2.45) is 0 Å². The zero-order valence-electron chi connectivity index (χ0n) is 13.1. The molecule has 7 heteroatoms. The molecule has 0 aromatic heterocycles. The first-order valence-corrected chi connectivity index (χ1v) is 7.33. The lowest BCUT2D eigenvalue weighted by atomic mass is 10.0. The van der Waals surface area contributed by atoms with E-state index < -0.39 is 11.9 Å². The summed E-state index contributed by atoms with van der Waals surface area (Å²) < 4.78 is 0. The molecule has 128 valence electrons. The van der Waals surface area contributed by atoms with Crippen LogP contribution in [0.5, 0.6) is 0 Å². The van der Waals surface area contributed by atoms with Crippen molar-refractivity contribution in [1.29, 1.82) is 0 Å². The number of benzene rings is 2. The molecule has 0 atom stereocenters. The van der Waals surface area contributed by atoms with Gasteiger partial charge in [-0.1, -0.05) is 36.4 Å². The molecule has 1 aliphatic heterocycles. The number of carboxylic acid groups (broad SMARTS) is 2. The Hall–Kier alpha value is -3.48. The van der Waals surface area contributed by atoms with Crippen molar-refractivity contribution in [2.75, 3.05) is 0 Å². The van der Waals surface area contributed by atoms with Crippen molar-refractivity contribution < 1.29 is 29.4 Å². The van der Waals surface area contributed by atoms with Crippen LogP contribution >= 0.6 is 0 Å². The van der Waals surface area contributed by atoms with E-state index >= 15 is 0 Å². The van der Waals surface area contributed by atoms with E-state index in [-0.39, 0.29) is 23.8 Å². The summed E-state index contributed by atoms with van der Waals surface area (Å²) in [5.74, 6) is -2.65. The SMILES string of the molecule is O=C(O)Cc1ccccc1C(=O)O.O=C1Cc2ccccc2C(=O)N1. The molecule has 0 saturated carbocycles. The average Bonchev–Trinajstić information content (AvgIpc) is 2.55. The summed E-state index contributed by atoms with van der Waals surface area (Å²) in [5.41, 5.74) is 1.79. The van der Waals surface area contributed by atoms with E-state index in [1.807, 2.05) is 6.07 Å². The van der Waals surface area contributed by atoms with Gasteiger partial charge in [-0.15, -0.1) is 0 Å². The van der Waals surface area contributed by atoms with Crippen molar-refractivity contribution in [3.8, 4) is 0 Å². The number of imide groups is 1. The molecule has 0 radical (unpaired) electrons. The van der Waals surface area contributed by atoms with Gasteiger partial charge in [0, 0.05) is 5.56 Å². The second kappa shape index (κ2) is 7.87. The molecule has 2 amide bonds. The molecule has 3 rings (SSSR count). The second-order valence-corrected chi connectivity index (χ2v) is 5.24. The molecule has 1 heterocycles. The summed E-state index contributed by atoms with van der Waals surface area (Å²) in [6.45, 7) is 0. The Kier molecular flexibility index (Phi) is 5.62. The smallest absolute Gasteiger partial charge is 0.335 e. The van der Waals surface area contributed by atoms with Gasteiger partial charge in [0.25, 0.3) is 5.91 Å². The van der Waals surface area contributed by atoms with Crippen molar-refractivity contribution in [1.82, 2.24) is 5.32 Å². The van der Waals surface area contributed by atoms with Crippen molar-refractivity contribution in [3.63, 3.8) is 0 Å². The highest BCUT2D eigenvalue weighted by Crippen LogP contribution is 2.13. The second-order valence-electron chi connectivity index (χ2n) is 5.24. The van der Waals surface area contributed by atoms with Gasteiger partial charge in [0.05, 0.1) is 18.4 Å². The van der Waals surface area contributed by atoms with Crippen molar-refractivity contribution >= 4 is 23.8 Å². The maximum absolute atomic E-state index is 11.2. The van der Waals surface area contributed by atoms with Gasteiger partial charge in [0.1, 0.15) is 0 Å². The zero-order chi connectivity index (χ0) is 18.4. The fraction of sp³-hybridized carbons (Fsp3) is 0.111. The van der Waals surface area contributed by atoms with Crippen LogP contribution in [0.4, 0.5) is 0 Å². The minimum atomic E-state index is -1.10. The van der Waals surface area contributed by atoms with Gasteiger partial charge in [-0.05, 0) is 23.3 Å². The highest BCUT2D eigenvalue weighted by Gasteiger charge is 2.20. The normalized spacial score (nSPS) is 12.3. The molecule has 1 aliphatic rings. The number of amides is 2. The Balaban J connectivity index is 0.000000181. The maximum atomic E-state index is 11.2. The predicted molar refractivity (Wildman–Crippen MR) is 87.4 cm³/mol. The monoisotopic (exact) mass is 341 g/mol. The highest BCUT2D eigenvalue weighted by molar-refractivity contribution is 6.09. The van der Waals surface area contributed by atoms with Crippen LogP contribution < -0.4 is 5.32 Å². The number of aromatic carboxylic acids is 1. The van der Waals surface area contributed by atoms with Gasteiger partial charge in [-0.3, -0.25) is 19.7 Å². The molecule has 0 saturated heterocycles. The fourth-order valence-electron chi connectivity index (χ4n) is 2.35. The standard InChI is InChI=1S/C9H7NO2.C9H8O4/c11-8-5-6-3-1-2-4-7(6)9(12)10-8;10-8(11)5-6-3-1-2-4-7(6)9(12)13/h1-4H,5H2,(H,10,11,12);1-4H,5H2,(H,10,11)(H,12,13). The molecule has 2 aromatic carbocycles. The first kappa shape index (κ1) is 17.9. The van der Waals surface area contributed by atoms with Crippen LogP contribution in [0.25, 0.3) is 0 Å². The van der Waals surface area contributed by atoms with E-state index in [4.69, 9.17) is 10.2 Å². The molecule has 0 spiro atoms. The van der Waals surface area contributed by atoms with Crippen LogP contribution in [0.1, 0.15) is 31.8 Å². The summed E-state index contributed by atoms with van der Waals surface area (Å²) in [6.07, 6.45) is 0.0460. The molecule has 3 N–H and O–H groups in total. The number of nitrogens with one attached hydrogen (secondary N) is 1. The Morgan fingerprint density at radius 1 is 0.960 bits per heavy atom. The molecule has 0 unspecified atom stereocenters. The van der Waals surface area contributed by atoms with Gasteiger partial charge in [0.15, 0.2) is 0 Å². The first-order valence-electron chi connectivity index (χ1n) is 7.33. The van der Waals surface area contributed by atoms with E-state index in [2.05, 4.69) is 5.32 Å². The number of carbonyl (C=O) groups excluding carboxylic acids is 2. The topological polar surface area (TPSA) is 121 Å². The first-order chi connectivity index (χ1) is 11.9. The largest absolute Gasteiger partial charge is 0.481 e. The number of fused-ring (bicyclic) bond motifs is 1. The molecule has 25 heavy (non-hydrogen) atoms. The lowest BCUT2D eigenvalue weighted by Gasteiger charge is -2.13. The number of hydrogen-bond donors (Lipinski definition) is 3. The van der Waals surface area contributed by atoms with Crippen LogP contribution in [0.15, 0.2) is 48.5 Å². The third-order valence-corrected chi connectivity index (χ3v) is 3.46. The number of aliphatic carboxylic acids is 1. The van der Waals surface area contributed by atoms with Crippen LogP contribution in [0.3, 0.4) is 0 Å². The summed E-state index contributed by atoms with van der Waals surface area (Å²) in [6, 6.07) is 13.2. The number of carboxylic acids is 2. The third-order valence-electron chi connectivity index (χ3n) is 3.46. The van der Waals surface area contributed by atoms with E-state index in [1.165, 1.54) is 12.1 Å². The van der Waals surface area contributed by atoms with E-state index in [0.717, 1.165) is 5.56 Å². The van der Waals surface area contributed by atoms with Gasteiger partial charge in [-0.2, -0.15) is 0 Å². The number of carbonyl (C=O) groups is 4. The van der Waals surface area contributed by atoms with Crippen LogP contribution in [0, 0.1) is 0 Å². The van der Waals surface area contributed by atoms with Crippen LogP contribution in [-0.4, -0.2) is 34.0 Å². The highest BCUT2D eigenvalue weighted by atomic mass is 16.4. The minimum Gasteiger partial charge on any atom is -0.481 e. The van der Waals surface area contributed by atoms with Crippen molar-refractivity contribution in [3.05, 3.63) is 70.8 Å². The summed E-state index contributed by atoms with van der Waals surface area (Å²) in [5, 5.41) is 19.4. The summed E-state index contributed by atoms with van der Waals surface area (Å²) >= 11 is 0. The average molecular weight is 341 g/mol. The number of hydrogen-bond acceptors (Lipinski definition) is 4. The van der Waals surface area contributed by atoms with Crippen LogP contribution in [0.2, 0.25) is 0 Å². The Bertz CT molecular complexity index is 843. The van der Waals surface area contributed by atoms with Gasteiger partial charge < -0.3 is 10.2 Å². The van der Waals surface area contributed by atoms with E-state index in [0.29, 0.717) is 17.5 Å². The number of rotatable bonds is 3. The third kappa shape index (κ3) is 4.74. The van der Waals surface area contributed by atoms with Gasteiger partial charge in [0.2, 0.25) is 5.91 Å². The molecule has 0 bridgehead atoms. The lowest BCUT2D eigenvalue weighted by Crippen LogP contribution is -2.37. The Labute approximate surface area is 142 Å². The van der Waals surface area contributed by atoms with Gasteiger partial charge >= 0.3 is 11.9 Å². The Morgan fingerprint density at radius 2 is 1.60 bits per heavy atom. The van der Waals surface area contributed by atoms with E-state index in [9.17, 15) is 19.2 Å². The molecule has 2 aromatic rings. The molecule has 0 aliphatic carbocycles.